The number of anilines is 2. The van der Waals surface area contributed by atoms with Crippen LogP contribution in [0.5, 0.6) is 5.75 Å². The van der Waals surface area contributed by atoms with Crippen LogP contribution in [0, 0.1) is 12.8 Å². The van der Waals surface area contributed by atoms with E-state index in [1.165, 1.54) is 17.0 Å². The summed E-state index contributed by atoms with van der Waals surface area (Å²) in [6.07, 6.45) is -4.57. The molecule has 0 unspecified atom stereocenters. The van der Waals surface area contributed by atoms with Crippen molar-refractivity contribution >= 4 is 52.2 Å². The molecule has 13 heteroatoms. The van der Waals surface area contributed by atoms with E-state index in [-0.39, 0.29) is 16.3 Å². The Hall–Kier alpha value is -4.36. The normalized spacial score (nSPS) is 19.6. The molecule has 3 atom stereocenters. The minimum atomic E-state index is -4.57. The first-order valence-corrected chi connectivity index (χ1v) is 14.7. The molecular formula is C30H22F3N3O5S2. The molecule has 3 amide bonds. The second-order valence-electron chi connectivity index (χ2n) is 10.1. The number of carbonyl (C=O) groups is 3. The molecule has 3 heterocycles. The van der Waals surface area contributed by atoms with Crippen molar-refractivity contribution in [3.63, 3.8) is 0 Å². The highest BCUT2D eigenvalue weighted by atomic mass is 32.2. The van der Waals surface area contributed by atoms with Crippen LogP contribution in [0.4, 0.5) is 24.5 Å². The summed E-state index contributed by atoms with van der Waals surface area (Å²) in [5.74, 6) is -2.87. The largest absolute Gasteiger partial charge is 0.483 e. The Balaban J connectivity index is 1.30. The third-order valence-corrected chi connectivity index (χ3v) is 9.60. The first-order valence-electron chi connectivity index (χ1n) is 13.0. The number of benzene rings is 3. The average Bonchev–Trinajstić information content (AvgIpc) is 3.46. The molecule has 0 spiro atoms. The maximum atomic E-state index is 13.9. The number of aryl methyl sites for hydroxylation is 1. The highest BCUT2D eigenvalue weighted by Crippen LogP contribution is 2.54. The van der Waals surface area contributed by atoms with Gasteiger partial charge in [0.25, 0.3) is 5.91 Å². The van der Waals surface area contributed by atoms with Gasteiger partial charge in [-0.3, -0.25) is 19.2 Å². The van der Waals surface area contributed by atoms with E-state index in [2.05, 4.69) is 10.3 Å². The molecule has 8 nitrogen and oxygen atoms in total. The smallest absolute Gasteiger partial charge is 0.416 e. The van der Waals surface area contributed by atoms with Gasteiger partial charge in [0.2, 0.25) is 11.8 Å². The zero-order chi connectivity index (χ0) is 30.5. The highest BCUT2D eigenvalue weighted by molar-refractivity contribution is 8.00. The van der Waals surface area contributed by atoms with Gasteiger partial charge in [-0.25, -0.2) is 4.90 Å². The number of aromatic amines is 1. The van der Waals surface area contributed by atoms with Crippen LogP contribution >= 0.6 is 23.1 Å². The fraction of sp³-hybridized carbons (Fsp3) is 0.200. The second kappa shape index (κ2) is 11.0. The fourth-order valence-corrected chi connectivity index (χ4v) is 7.79. The molecule has 4 aromatic rings. The van der Waals surface area contributed by atoms with Crippen molar-refractivity contribution < 1.29 is 32.3 Å². The third kappa shape index (κ3) is 5.45. The standard InChI is InChI=1S/C30H22F3N3O5S2/c1-15-9-11-18(12-10-15)36-27(38)23-22(24-26(35-29(40)43-24)42-25(23)28(36)39)19-7-2-3-8-20(19)41-14-21(37)34-17-6-4-5-16(13-17)30(31,32)33/h2-13,22-23,25H,14H2,1H3,(H,34,37)(H,35,40)/t22-,23-,25+/m0/s1. The molecule has 3 aromatic carbocycles. The van der Waals surface area contributed by atoms with Gasteiger partial charge in [0.1, 0.15) is 11.0 Å². The Morgan fingerprint density at radius 3 is 2.49 bits per heavy atom. The summed E-state index contributed by atoms with van der Waals surface area (Å²) in [6.45, 7) is 1.36. The van der Waals surface area contributed by atoms with Crippen molar-refractivity contribution in [2.45, 2.75) is 29.3 Å². The number of nitrogens with one attached hydrogen (secondary N) is 2. The number of halogens is 3. The first-order chi connectivity index (χ1) is 20.5. The van der Waals surface area contributed by atoms with Gasteiger partial charge in [-0.2, -0.15) is 13.2 Å². The average molecular weight is 626 g/mol. The zero-order valence-electron chi connectivity index (χ0n) is 22.3. The van der Waals surface area contributed by atoms with Gasteiger partial charge in [0.05, 0.1) is 22.2 Å². The molecule has 1 saturated heterocycles. The van der Waals surface area contributed by atoms with Crippen molar-refractivity contribution in [2.75, 3.05) is 16.8 Å². The Bertz CT molecular complexity index is 1800. The predicted octanol–water partition coefficient (Wildman–Crippen LogP) is 5.58. The topological polar surface area (TPSA) is 109 Å². The van der Waals surface area contributed by atoms with Crippen LogP contribution in [-0.4, -0.2) is 34.6 Å². The van der Waals surface area contributed by atoms with Crippen molar-refractivity contribution in [2.24, 2.45) is 5.92 Å². The number of amides is 3. The van der Waals surface area contributed by atoms with Gasteiger partial charge >= 0.3 is 11.0 Å². The van der Waals surface area contributed by atoms with Crippen molar-refractivity contribution in [1.82, 2.24) is 4.98 Å². The molecule has 43 heavy (non-hydrogen) atoms. The molecule has 1 aromatic heterocycles. The molecular weight excluding hydrogens is 603 g/mol. The minimum Gasteiger partial charge on any atom is -0.483 e. The molecule has 2 aliphatic rings. The fourth-order valence-electron chi connectivity index (χ4n) is 5.28. The predicted molar refractivity (Wildman–Crippen MR) is 156 cm³/mol. The number of imide groups is 1. The van der Waals surface area contributed by atoms with Gasteiger partial charge in [-0.15, -0.1) is 0 Å². The van der Waals surface area contributed by atoms with Crippen LogP contribution in [0.15, 0.2) is 82.6 Å². The number of hydrogen-bond donors (Lipinski definition) is 2. The van der Waals surface area contributed by atoms with Gasteiger partial charge in [-0.05, 0) is 43.3 Å². The SMILES string of the molecule is Cc1ccc(N2C(=O)[C@H]3[C@H](c4ccccc4OCC(=O)Nc4cccc(C(F)(F)F)c4)c4sc(=O)[nH]c4S[C@H]3C2=O)cc1. The molecule has 2 N–H and O–H groups in total. The third-order valence-electron chi connectivity index (χ3n) is 7.20. The number of carbonyl (C=O) groups excluding carboxylic acids is 3. The van der Waals surface area contributed by atoms with Crippen LogP contribution in [0.3, 0.4) is 0 Å². The number of rotatable bonds is 6. The Labute approximate surface area is 250 Å². The summed E-state index contributed by atoms with van der Waals surface area (Å²) >= 11 is 2.09. The number of alkyl halides is 3. The Kier molecular flexibility index (Phi) is 7.38. The number of fused-ring (bicyclic) bond motifs is 2. The zero-order valence-corrected chi connectivity index (χ0v) is 23.9. The number of hydrogen-bond acceptors (Lipinski definition) is 7. The van der Waals surface area contributed by atoms with Gasteiger partial charge in [0, 0.05) is 22.0 Å². The number of nitrogens with zero attached hydrogens (tertiary/aromatic N) is 1. The quantitative estimate of drug-likeness (QED) is 0.271. The molecule has 1 fully saturated rings. The lowest BCUT2D eigenvalue weighted by Crippen LogP contribution is -2.32. The Morgan fingerprint density at radius 2 is 1.74 bits per heavy atom. The van der Waals surface area contributed by atoms with Crippen molar-refractivity contribution in [3.05, 3.63) is 104 Å². The molecule has 6 rings (SSSR count). The number of thiazole rings is 1. The van der Waals surface area contributed by atoms with Crippen molar-refractivity contribution in [3.8, 4) is 5.75 Å². The lowest BCUT2D eigenvalue weighted by Gasteiger charge is -2.30. The van der Waals surface area contributed by atoms with E-state index in [0.717, 1.165) is 40.8 Å². The van der Waals surface area contributed by atoms with Crippen LogP contribution in [0.1, 0.15) is 27.5 Å². The number of H-pyrrole nitrogens is 1. The van der Waals surface area contributed by atoms with Gasteiger partial charge in [0.15, 0.2) is 6.61 Å². The number of thioether (sulfide) groups is 1. The second-order valence-corrected chi connectivity index (χ2v) is 12.2. The van der Waals surface area contributed by atoms with Crippen LogP contribution in [-0.2, 0) is 20.6 Å². The van der Waals surface area contributed by atoms with E-state index in [9.17, 15) is 32.3 Å². The first kappa shape index (κ1) is 28.7. The van der Waals surface area contributed by atoms with E-state index in [0.29, 0.717) is 21.2 Å². The molecule has 0 aliphatic carbocycles. The van der Waals surface area contributed by atoms with E-state index in [4.69, 9.17) is 4.74 Å². The summed E-state index contributed by atoms with van der Waals surface area (Å²) in [4.78, 5) is 56.8. The summed E-state index contributed by atoms with van der Waals surface area (Å²) in [6, 6.07) is 18.0. The van der Waals surface area contributed by atoms with Crippen LogP contribution < -0.4 is 19.8 Å². The van der Waals surface area contributed by atoms with Gasteiger partial charge < -0.3 is 15.0 Å². The number of ether oxygens (including phenoxy) is 1. The Morgan fingerprint density at radius 1 is 1.00 bits per heavy atom. The van der Waals surface area contributed by atoms with Gasteiger partial charge in [-0.1, -0.05) is 65.1 Å². The monoisotopic (exact) mass is 625 g/mol. The maximum Gasteiger partial charge on any atom is 0.416 e. The molecule has 0 radical (unpaired) electrons. The number of aromatic nitrogens is 1. The highest BCUT2D eigenvalue weighted by Gasteiger charge is 2.56. The summed E-state index contributed by atoms with van der Waals surface area (Å²) in [7, 11) is 0. The van der Waals surface area contributed by atoms with Crippen LogP contribution in [0.2, 0.25) is 0 Å². The van der Waals surface area contributed by atoms with E-state index >= 15 is 0 Å². The maximum absolute atomic E-state index is 13.9. The van der Waals surface area contributed by atoms with Crippen molar-refractivity contribution in [1.29, 1.82) is 0 Å². The summed E-state index contributed by atoms with van der Waals surface area (Å²) in [5.41, 5.74) is 0.959. The molecule has 2 aliphatic heterocycles. The molecule has 0 bridgehead atoms. The van der Waals surface area contributed by atoms with E-state index in [1.54, 1.807) is 36.4 Å². The molecule has 0 saturated carbocycles. The van der Waals surface area contributed by atoms with E-state index < -0.39 is 53.2 Å². The summed E-state index contributed by atoms with van der Waals surface area (Å²) in [5, 5.41) is 2.08. The van der Waals surface area contributed by atoms with Crippen LogP contribution in [0.25, 0.3) is 0 Å². The summed E-state index contributed by atoms with van der Waals surface area (Å²) < 4.78 is 45.1. The molecule has 220 valence electrons. The minimum absolute atomic E-state index is 0.0446. The van der Waals surface area contributed by atoms with E-state index in [1.807, 2.05) is 19.1 Å². The number of para-hydroxylation sites is 1. The lowest BCUT2D eigenvalue weighted by atomic mass is 9.82. The lowest BCUT2D eigenvalue weighted by molar-refractivity contribution is -0.137.